The van der Waals surface area contributed by atoms with Gasteiger partial charge in [-0.1, -0.05) is 6.58 Å². The Balaban J connectivity index is 2.38. The van der Waals surface area contributed by atoms with E-state index in [1.165, 1.54) is 0 Å². The van der Waals surface area contributed by atoms with Crippen LogP contribution in [0.3, 0.4) is 0 Å². The van der Waals surface area contributed by atoms with Crippen molar-refractivity contribution in [2.45, 2.75) is 23.9 Å². The number of ether oxygens (including phenoxy) is 2. The highest BCUT2D eigenvalue weighted by atomic mass is 16.6. The van der Waals surface area contributed by atoms with Crippen LogP contribution in [-0.4, -0.2) is 58.4 Å². The first kappa shape index (κ1) is 10.6. The van der Waals surface area contributed by atoms with Crippen LogP contribution in [0.5, 0.6) is 0 Å². The van der Waals surface area contributed by atoms with Gasteiger partial charge in [0, 0.05) is 0 Å². The Morgan fingerprint density at radius 1 is 1.40 bits per heavy atom. The predicted molar refractivity (Wildman–Crippen MR) is 47.2 cm³/mol. The maximum Gasteiger partial charge on any atom is 0.334 e. The van der Waals surface area contributed by atoms with Crippen LogP contribution in [-0.2, 0) is 14.3 Å². The molecule has 2 heterocycles. The summed E-state index contributed by atoms with van der Waals surface area (Å²) in [6, 6.07) is 0. The number of carboxylic acids is 1. The standard InChI is InChI=1S/C9H12O6/c1-4(8(12)13)9-6(11)3-14-7(9)5(10)2-15-9/h5-7,10-11H,1-3H2,(H,12,13)/t5-,6+,7-,9+/m1/s1. The van der Waals surface area contributed by atoms with E-state index in [2.05, 4.69) is 6.58 Å². The lowest BCUT2D eigenvalue weighted by Crippen LogP contribution is -2.50. The van der Waals surface area contributed by atoms with Crippen LogP contribution in [0.15, 0.2) is 12.2 Å². The van der Waals surface area contributed by atoms with E-state index in [0.717, 1.165) is 0 Å². The maximum absolute atomic E-state index is 10.8. The van der Waals surface area contributed by atoms with Gasteiger partial charge in [-0.25, -0.2) is 4.79 Å². The van der Waals surface area contributed by atoms with E-state index >= 15 is 0 Å². The molecule has 2 rings (SSSR count). The molecule has 15 heavy (non-hydrogen) atoms. The molecule has 2 aliphatic heterocycles. The van der Waals surface area contributed by atoms with E-state index < -0.39 is 29.9 Å². The zero-order valence-corrected chi connectivity index (χ0v) is 7.92. The van der Waals surface area contributed by atoms with Crippen LogP contribution in [0.2, 0.25) is 0 Å². The quantitative estimate of drug-likeness (QED) is 0.487. The molecule has 6 nitrogen and oxygen atoms in total. The van der Waals surface area contributed by atoms with E-state index in [1.807, 2.05) is 0 Å². The van der Waals surface area contributed by atoms with Gasteiger partial charge < -0.3 is 24.8 Å². The number of aliphatic hydroxyl groups excluding tert-OH is 2. The molecule has 2 saturated heterocycles. The van der Waals surface area contributed by atoms with Crippen LogP contribution in [0.4, 0.5) is 0 Å². The summed E-state index contributed by atoms with van der Waals surface area (Å²) in [5, 5.41) is 28.1. The largest absolute Gasteiger partial charge is 0.478 e. The van der Waals surface area contributed by atoms with Crippen molar-refractivity contribution in [1.82, 2.24) is 0 Å². The van der Waals surface area contributed by atoms with Crippen molar-refractivity contribution in [3.05, 3.63) is 12.2 Å². The van der Waals surface area contributed by atoms with Crippen molar-refractivity contribution in [2.75, 3.05) is 13.2 Å². The summed E-state index contributed by atoms with van der Waals surface area (Å²) in [4.78, 5) is 10.8. The molecule has 2 aliphatic rings. The molecule has 0 unspecified atom stereocenters. The van der Waals surface area contributed by atoms with Gasteiger partial charge in [0.15, 0.2) is 5.60 Å². The Kier molecular flexibility index (Phi) is 2.31. The fraction of sp³-hybridized carbons (Fsp3) is 0.667. The average molecular weight is 216 g/mol. The minimum atomic E-state index is -1.49. The third-order valence-corrected chi connectivity index (χ3v) is 2.92. The van der Waals surface area contributed by atoms with Gasteiger partial charge in [-0.05, 0) is 0 Å². The molecular weight excluding hydrogens is 204 g/mol. The molecule has 0 bridgehead atoms. The average Bonchev–Trinajstić information content (AvgIpc) is 2.68. The minimum absolute atomic E-state index is 0.0615. The molecule has 0 spiro atoms. The Bertz CT molecular complexity index is 314. The summed E-state index contributed by atoms with van der Waals surface area (Å²) in [5.41, 5.74) is -1.78. The minimum Gasteiger partial charge on any atom is -0.478 e. The zero-order chi connectivity index (χ0) is 11.2. The Hall–Kier alpha value is -0.950. The van der Waals surface area contributed by atoms with Crippen LogP contribution >= 0.6 is 0 Å². The number of carboxylic acid groups (broad SMARTS) is 1. The van der Waals surface area contributed by atoms with Crippen molar-refractivity contribution in [1.29, 1.82) is 0 Å². The number of fused-ring (bicyclic) bond motifs is 1. The van der Waals surface area contributed by atoms with E-state index in [4.69, 9.17) is 14.6 Å². The molecule has 0 aromatic carbocycles. The van der Waals surface area contributed by atoms with Crippen molar-refractivity contribution >= 4 is 5.97 Å². The SMILES string of the molecule is C=C(C(=O)O)[C@@]12OC[C@@H](O)[C@H]1OC[C@@H]2O. The topological polar surface area (TPSA) is 96.2 Å². The maximum atomic E-state index is 10.8. The zero-order valence-electron chi connectivity index (χ0n) is 7.92. The summed E-state index contributed by atoms with van der Waals surface area (Å²) in [6.45, 7) is 3.26. The van der Waals surface area contributed by atoms with Gasteiger partial charge >= 0.3 is 5.97 Å². The summed E-state index contributed by atoms with van der Waals surface area (Å²) in [5.74, 6) is -1.27. The highest BCUT2D eigenvalue weighted by Gasteiger charge is 2.62. The van der Waals surface area contributed by atoms with Crippen LogP contribution in [0.25, 0.3) is 0 Å². The second-order valence-electron chi connectivity index (χ2n) is 3.72. The summed E-state index contributed by atoms with van der Waals surface area (Å²) < 4.78 is 10.3. The van der Waals surface area contributed by atoms with Crippen molar-refractivity contribution in [3.63, 3.8) is 0 Å². The first-order chi connectivity index (χ1) is 7.00. The number of rotatable bonds is 2. The second kappa shape index (κ2) is 3.28. The molecule has 84 valence electrons. The molecule has 0 aromatic heterocycles. The number of hydrogen-bond acceptors (Lipinski definition) is 5. The fourth-order valence-electron chi connectivity index (χ4n) is 2.14. The van der Waals surface area contributed by atoms with Crippen molar-refractivity contribution < 1.29 is 29.6 Å². The van der Waals surface area contributed by atoms with Crippen LogP contribution in [0, 0.1) is 0 Å². The summed E-state index contributed by atoms with van der Waals surface area (Å²) >= 11 is 0. The fourth-order valence-corrected chi connectivity index (χ4v) is 2.14. The highest BCUT2D eigenvalue weighted by Crippen LogP contribution is 2.42. The van der Waals surface area contributed by atoms with Gasteiger partial charge in [0.05, 0.1) is 18.8 Å². The normalized spacial score (nSPS) is 44.0. The summed E-state index contributed by atoms with van der Waals surface area (Å²) in [6.07, 6.45) is -2.89. The molecular formula is C9H12O6. The lowest BCUT2D eigenvalue weighted by molar-refractivity contribution is -0.138. The first-order valence-corrected chi connectivity index (χ1v) is 4.54. The molecule has 0 aliphatic carbocycles. The second-order valence-corrected chi connectivity index (χ2v) is 3.72. The van der Waals surface area contributed by atoms with Crippen LogP contribution < -0.4 is 0 Å². The lowest BCUT2D eigenvalue weighted by atomic mass is 9.85. The Morgan fingerprint density at radius 2 is 2.07 bits per heavy atom. The molecule has 3 N–H and O–H groups in total. The Labute approximate surface area is 85.7 Å². The summed E-state index contributed by atoms with van der Waals surface area (Å²) in [7, 11) is 0. The lowest BCUT2D eigenvalue weighted by Gasteiger charge is -2.29. The van der Waals surface area contributed by atoms with E-state index in [1.54, 1.807) is 0 Å². The van der Waals surface area contributed by atoms with Crippen LogP contribution in [0.1, 0.15) is 0 Å². The van der Waals surface area contributed by atoms with Crippen molar-refractivity contribution in [3.8, 4) is 0 Å². The van der Waals surface area contributed by atoms with Gasteiger partial charge in [-0.2, -0.15) is 0 Å². The number of carbonyl (C=O) groups is 1. The van der Waals surface area contributed by atoms with E-state index in [-0.39, 0.29) is 18.8 Å². The van der Waals surface area contributed by atoms with E-state index in [0.29, 0.717) is 0 Å². The van der Waals surface area contributed by atoms with Gasteiger partial charge in [0.25, 0.3) is 0 Å². The molecule has 2 fully saturated rings. The molecule has 0 amide bonds. The molecule has 4 atom stereocenters. The van der Waals surface area contributed by atoms with Crippen molar-refractivity contribution in [2.24, 2.45) is 0 Å². The Morgan fingerprint density at radius 3 is 2.67 bits per heavy atom. The first-order valence-electron chi connectivity index (χ1n) is 4.54. The molecule has 6 heteroatoms. The van der Waals surface area contributed by atoms with E-state index in [9.17, 15) is 15.0 Å². The number of aliphatic carboxylic acids is 1. The predicted octanol–water partition coefficient (Wildman–Crippen LogP) is -1.48. The molecule has 0 aromatic rings. The molecule has 0 saturated carbocycles. The third kappa shape index (κ3) is 1.23. The van der Waals surface area contributed by atoms with Gasteiger partial charge in [0.2, 0.25) is 0 Å². The highest BCUT2D eigenvalue weighted by molar-refractivity contribution is 5.89. The van der Waals surface area contributed by atoms with Gasteiger partial charge in [-0.3, -0.25) is 0 Å². The van der Waals surface area contributed by atoms with Gasteiger partial charge in [0.1, 0.15) is 18.3 Å². The third-order valence-electron chi connectivity index (χ3n) is 2.92. The number of aliphatic hydroxyl groups is 2. The smallest absolute Gasteiger partial charge is 0.334 e. The molecule has 0 radical (unpaired) electrons. The van der Waals surface area contributed by atoms with Gasteiger partial charge in [-0.15, -0.1) is 0 Å². The number of hydrogen-bond donors (Lipinski definition) is 3. The monoisotopic (exact) mass is 216 g/mol.